The molecule has 3 rings (SSSR count). The predicted molar refractivity (Wildman–Crippen MR) is 136 cm³/mol. The molecular weight excluding hydrogens is 438 g/mol. The Morgan fingerprint density at radius 3 is 2.69 bits per heavy atom. The van der Waals surface area contributed by atoms with Crippen LogP contribution in [0.5, 0.6) is 0 Å². The molecule has 2 aromatic rings. The predicted octanol–water partition coefficient (Wildman–Crippen LogP) is 7.36. The van der Waals surface area contributed by atoms with E-state index in [1.807, 2.05) is 6.20 Å². The molecule has 0 N–H and O–H groups in total. The van der Waals surface area contributed by atoms with Crippen molar-refractivity contribution in [2.75, 3.05) is 13.2 Å². The van der Waals surface area contributed by atoms with Crippen molar-refractivity contribution in [1.82, 2.24) is 4.98 Å². The number of pyridine rings is 1. The van der Waals surface area contributed by atoms with Crippen molar-refractivity contribution >= 4 is 30.7 Å². The van der Waals surface area contributed by atoms with Crippen LogP contribution < -0.4 is 0 Å². The number of unbranched alkanes of at least 4 members (excludes halogenated alkanes) is 1. The lowest BCUT2D eigenvalue weighted by molar-refractivity contribution is -0.169. The molecule has 1 aromatic carbocycles. The third kappa shape index (κ3) is 6.77. The quantitative estimate of drug-likeness (QED) is 0.203. The van der Waals surface area contributed by atoms with E-state index in [9.17, 15) is 0 Å². The van der Waals surface area contributed by atoms with Crippen molar-refractivity contribution in [2.45, 2.75) is 96.2 Å². The largest absolute Gasteiger partial charge is 0.417 e. The molecule has 0 bridgehead atoms. The van der Waals surface area contributed by atoms with Crippen LogP contribution in [0.25, 0.3) is 10.8 Å². The molecule has 0 radical (unpaired) electrons. The molecule has 1 fully saturated rings. The van der Waals surface area contributed by atoms with Gasteiger partial charge in [-0.3, -0.25) is 4.98 Å². The Bertz CT molecular complexity index is 875. The molecule has 1 aromatic heterocycles. The minimum Gasteiger partial charge on any atom is -0.417 e. The van der Waals surface area contributed by atoms with Gasteiger partial charge in [-0.2, -0.15) is 0 Å². The van der Waals surface area contributed by atoms with Gasteiger partial charge in [-0.25, -0.2) is 0 Å². The molecule has 1 aliphatic rings. The van der Waals surface area contributed by atoms with Crippen LogP contribution in [-0.2, 0) is 32.8 Å². The van der Waals surface area contributed by atoms with E-state index in [2.05, 4.69) is 52.1 Å². The molecule has 0 spiro atoms. The fraction of sp³-hybridized carbons (Fsp3) is 0.654. The van der Waals surface area contributed by atoms with Crippen LogP contribution >= 0.6 is 11.6 Å². The van der Waals surface area contributed by atoms with Gasteiger partial charge < -0.3 is 13.9 Å². The lowest BCUT2D eigenvalue weighted by atomic mass is 9.98. The van der Waals surface area contributed by atoms with E-state index in [-0.39, 0.29) is 11.3 Å². The van der Waals surface area contributed by atoms with Crippen molar-refractivity contribution < 1.29 is 13.9 Å². The highest BCUT2D eigenvalue weighted by Crippen LogP contribution is 2.36. The Hall–Kier alpha value is -0.983. The normalized spacial score (nSPS) is 17.8. The number of benzene rings is 1. The van der Waals surface area contributed by atoms with Gasteiger partial charge in [0.15, 0.2) is 14.6 Å². The SMILES string of the molecule is CC(C)(C)[Si](C)(C)OCCCCc1c(COC2CCCCO2)ncc2cc(CCl)ccc12. The Labute approximate surface area is 200 Å². The van der Waals surface area contributed by atoms with Crippen LogP contribution in [0.15, 0.2) is 24.4 Å². The first-order valence-electron chi connectivity index (χ1n) is 12.0. The maximum Gasteiger partial charge on any atom is 0.191 e. The van der Waals surface area contributed by atoms with Gasteiger partial charge in [0.1, 0.15) is 0 Å². The third-order valence-electron chi connectivity index (χ3n) is 6.94. The summed E-state index contributed by atoms with van der Waals surface area (Å²) in [6.07, 6.45) is 8.19. The summed E-state index contributed by atoms with van der Waals surface area (Å²) >= 11 is 6.06. The molecule has 1 unspecified atom stereocenters. The zero-order valence-corrected chi connectivity index (χ0v) is 22.3. The highest BCUT2D eigenvalue weighted by molar-refractivity contribution is 6.74. The summed E-state index contributed by atoms with van der Waals surface area (Å²) in [5, 5.41) is 2.65. The van der Waals surface area contributed by atoms with E-state index in [1.54, 1.807) is 0 Å². The minimum atomic E-state index is -1.69. The summed E-state index contributed by atoms with van der Waals surface area (Å²) in [7, 11) is -1.69. The maximum absolute atomic E-state index is 6.37. The molecular formula is C26H40ClNO3Si. The maximum atomic E-state index is 6.37. The molecule has 1 aliphatic heterocycles. The van der Waals surface area contributed by atoms with Crippen LogP contribution in [-0.4, -0.2) is 32.8 Å². The molecule has 1 atom stereocenters. The number of hydrogen-bond acceptors (Lipinski definition) is 4. The Kier molecular flexibility index (Phi) is 9.16. The Morgan fingerprint density at radius 1 is 1.19 bits per heavy atom. The van der Waals surface area contributed by atoms with Crippen LogP contribution in [0.4, 0.5) is 0 Å². The van der Waals surface area contributed by atoms with E-state index in [0.29, 0.717) is 12.5 Å². The number of halogens is 1. The number of ether oxygens (including phenoxy) is 2. The molecule has 0 aliphatic carbocycles. The summed E-state index contributed by atoms with van der Waals surface area (Å²) in [5.74, 6) is 0.514. The van der Waals surface area contributed by atoms with Crippen LogP contribution in [0.1, 0.15) is 69.7 Å². The summed E-state index contributed by atoms with van der Waals surface area (Å²) in [6, 6.07) is 6.46. The number of hydrogen-bond donors (Lipinski definition) is 0. The molecule has 178 valence electrons. The topological polar surface area (TPSA) is 40.6 Å². The second-order valence-corrected chi connectivity index (χ2v) is 15.5. The summed E-state index contributed by atoms with van der Waals surface area (Å²) in [6.45, 7) is 13.6. The summed E-state index contributed by atoms with van der Waals surface area (Å²) in [5.41, 5.74) is 3.43. The number of aromatic nitrogens is 1. The van der Waals surface area contributed by atoms with Crippen LogP contribution in [0.2, 0.25) is 18.1 Å². The Morgan fingerprint density at radius 2 is 2.00 bits per heavy atom. The average molecular weight is 478 g/mol. The van der Waals surface area contributed by atoms with Gasteiger partial charge in [0, 0.05) is 30.7 Å². The molecule has 4 nitrogen and oxygen atoms in total. The van der Waals surface area contributed by atoms with Crippen molar-refractivity contribution in [3.8, 4) is 0 Å². The zero-order valence-electron chi connectivity index (χ0n) is 20.5. The third-order valence-corrected chi connectivity index (χ3v) is 11.8. The Balaban J connectivity index is 1.68. The monoisotopic (exact) mass is 477 g/mol. The molecule has 2 heterocycles. The van der Waals surface area contributed by atoms with Crippen molar-refractivity contribution in [1.29, 1.82) is 0 Å². The van der Waals surface area contributed by atoms with Crippen molar-refractivity contribution in [3.63, 3.8) is 0 Å². The van der Waals surface area contributed by atoms with Crippen molar-refractivity contribution in [3.05, 3.63) is 41.2 Å². The summed E-state index contributed by atoms with van der Waals surface area (Å²) in [4.78, 5) is 4.79. The van der Waals surface area contributed by atoms with Crippen LogP contribution in [0.3, 0.4) is 0 Å². The smallest absolute Gasteiger partial charge is 0.191 e. The van der Waals surface area contributed by atoms with Gasteiger partial charge in [-0.05, 0) is 79.2 Å². The van der Waals surface area contributed by atoms with E-state index in [1.165, 1.54) is 10.9 Å². The number of rotatable bonds is 10. The van der Waals surface area contributed by atoms with E-state index >= 15 is 0 Å². The molecule has 1 saturated heterocycles. The fourth-order valence-corrected chi connectivity index (χ4v) is 5.08. The fourth-order valence-electron chi connectivity index (χ4n) is 3.82. The number of nitrogens with zero attached hydrogens (tertiary/aromatic N) is 1. The number of aryl methyl sites for hydroxylation is 1. The second kappa shape index (κ2) is 11.4. The first kappa shape index (κ1) is 25.6. The number of fused-ring (bicyclic) bond motifs is 1. The molecule has 0 saturated carbocycles. The molecule has 32 heavy (non-hydrogen) atoms. The highest BCUT2D eigenvalue weighted by atomic mass is 35.5. The zero-order chi connectivity index (χ0) is 23.2. The lowest BCUT2D eigenvalue weighted by Crippen LogP contribution is -2.40. The second-order valence-electron chi connectivity index (χ2n) is 10.4. The van der Waals surface area contributed by atoms with E-state index < -0.39 is 8.32 Å². The first-order valence-corrected chi connectivity index (χ1v) is 15.5. The van der Waals surface area contributed by atoms with E-state index in [4.69, 9.17) is 30.5 Å². The average Bonchev–Trinajstić information content (AvgIpc) is 2.77. The first-order chi connectivity index (χ1) is 15.2. The summed E-state index contributed by atoms with van der Waals surface area (Å²) < 4.78 is 18.2. The minimum absolute atomic E-state index is 0.106. The van der Waals surface area contributed by atoms with Crippen LogP contribution in [0, 0.1) is 0 Å². The molecule has 0 amide bonds. The van der Waals surface area contributed by atoms with Gasteiger partial charge in [0.05, 0.1) is 12.3 Å². The van der Waals surface area contributed by atoms with Gasteiger partial charge in [0.2, 0.25) is 0 Å². The van der Waals surface area contributed by atoms with Gasteiger partial charge in [0.25, 0.3) is 0 Å². The highest BCUT2D eigenvalue weighted by Gasteiger charge is 2.36. The van der Waals surface area contributed by atoms with Gasteiger partial charge in [-0.15, -0.1) is 11.6 Å². The van der Waals surface area contributed by atoms with Crippen molar-refractivity contribution in [2.24, 2.45) is 0 Å². The van der Waals surface area contributed by atoms with Gasteiger partial charge in [-0.1, -0.05) is 32.9 Å². The lowest BCUT2D eigenvalue weighted by Gasteiger charge is -2.36. The standard InChI is InChI=1S/C26H40ClNO3Si/c1-26(2,3)32(4,5)31-15-9-6-10-23-22-13-12-20(17-27)16-21(22)18-28-24(23)19-30-25-11-7-8-14-29-25/h12-13,16,18,25H,6-11,14-15,17,19H2,1-5H3. The number of alkyl halides is 1. The van der Waals surface area contributed by atoms with Gasteiger partial charge >= 0.3 is 0 Å². The van der Waals surface area contributed by atoms with E-state index in [0.717, 1.165) is 68.4 Å². The molecule has 6 heteroatoms.